The largest absolute Gasteiger partial charge is 0.362 e. The van der Waals surface area contributed by atoms with Crippen LogP contribution in [0.25, 0.3) is 11.2 Å². The molecule has 1 amide bonds. The van der Waals surface area contributed by atoms with Crippen LogP contribution in [0.15, 0.2) is 60.9 Å². The zero-order valence-electron chi connectivity index (χ0n) is 17.3. The maximum atomic E-state index is 13.0. The molecule has 0 radical (unpaired) electrons. The number of hydrogen-bond acceptors (Lipinski definition) is 5. The first-order valence-electron chi connectivity index (χ1n) is 10.1. The quantitative estimate of drug-likeness (QED) is 0.466. The van der Waals surface area contributed by atoms with Gasteiger partial charge in [-0.1, -0.05) is 24.3 Å². The number of carbonyl (C=O) groups is 1. The summed E-state index contributed by atoms with van der Waals surface area (Å²) in [6.45, 7) is 4.78. The number of carbonyl (C=O) groups excluding carboxylic acids is 1. The average Bonchev–Trinajstić information content (AvgIpc) is 3.18. The first-order valence-corrected chi connectivity index (χ1v) is 10.1. The summed E-state index contributed by atoms with van der Waals surface area (Å²) in [7, 11) is 0. The van der Waals surface area contributed by atoms with E-state index in [4.69, 9.17) is 0 Å². The SMILES string of the molecule is CCn1cc2ncc(N[C@@H](C)c3cccc(NC(=O)Cc4ccc(F)cc4)c3)nc2n1. The van der Waals surface area contributed by atoms with Crippen molar-refractivity contribution >= 4 is 28.6 Å². The van der Waals surface area contributed by atoms with Crippen LogP contribution in [0.3, 0.4) is 0 Å². The number of hydrogen-bond donors (Lipinski definition) is 2. The Hall–Kier alpha value is -3.81. The molecular formula is C23H23FN6O. The number of nitrogens with zero attached hydrogens (tertiary/aromatic N) is 4. The van der Waals surface area contributed by atoms with Gasteiger partial charge in [-0.25, -0.2) is 14.4 Å². The van der Waals surface area contributed by atoms with E-state index in [1.165, 1.54) is 12.1 Å². The molecule has 2 aromatic heterocycles. The lowest BCUT2D eigenvalue weighted by molar-refractivity contribution is -0.115. The number of nitrogens with one attached hydrogen (secondary N) is 2. The Labute approximate surface area is 179 Å². The van der Waals surface area contributed by atoms with E-state index < -0.39 is 0 Å². The lowest BCUT2D eigenvalue weighted by Gasteiger charge is -2.16. The highest BCUT2D eigenvalue weighted by Gasteiger charge is 2.11. The van der Waals surface area contributed by atoms with Gasteiger partial charge in [0.05, 0.1) is 24.9 Å². The lowest BCUT2D eigenvalue weighted by Crippen LogP contribution is -2.15. The van der Waals surface area contributed by atoms with Crippen LogP contribution in [0.2, 0.25) is 0 Å². The van der Waals surface area contributed by atoms with E-state index in [1.807, 2.05) is 44.3 Å². The summed E-state index contributed by atoms with van der Waals surface area (Å²) in [5.41, 5.74) is 3.79. The molecular weight excluding hydrogens is 395 g/mol. The fraction of sp³-hybridized carbons (Fsp3) is 0.217. The fourth-order valence-electron chi connectivity index (χ4n) is 3.26. The van der Waals surface area contributed by atoms with Crippen molar-refractivity contribution in [2.24, 2.45) is 0 Å². The van der Waals surface area contributed by atoms with Crippen molar-refractivity contribution in [3.8, 4) is 0 Å². The Kier molecular flexibility index (Phi) is 5.88. The maximum absolute atomic E-state index is 13.0. The lowest BCUT2D eigenvalue weighted by atomic mass is 10.1. The summed E-state index contributed by atoms with van der Waals surface area (Å²) in [5.74, 6) is 0.153. The molecule has 0 aliphatic carbocycles. The normalized spacial score (nSPS) is 12.0. The van der Waals surface area contributed by atoms with Crippen molar-refractivity contribution in [1.29, 1.82) is 0 Å². The molecule has 1 atom stereocenters. The van der Waals surface area contributed by atoms with Crippen molar-refractivity contribution in [1.82, 2.24) is 19.7 Å². The number of amides is 1. The van der Waals surface area contributed by atoms with E-state index in [-0.39, 0.29) is 24.2 Å². The smallest absolute Gasteiger partial charge is 0.228 e. The van der Waals surface area contributed by atoms with E-state index in [2.05, 4.69) is 25.7 Å². The second-order valence-corrected chi connectivity index (χ2v) is 7.29. The third-order valence-electron chi connectivity index (χ3n) is 4.91. The minimum absolute atomic E-state index is 0.0611. The highest BCUT2D eigenvalue weighted by molar-refractivity contribution is 5.92. The number of benzene rings is 2. The predicted octanol–water partition coefficient (Wildman–Crippen LogP) is 4.34. The molecule has 8 heteroatoms. The monoisotopic (exact) mass is 418 g/mol. The zero-order chi connectivity index (χ0) is 21.8. The molecule has 2 N–H and O–H groups in total. The molecule has 31 heavy (non-hydrogen) atoms. The van der Waals surface area contributed by atoms with Crippen LogP contribution in [0.5, 0.6) is 0 Å². The van der Waals surface area contributed by atoms with Gasteiger partial charge in [0.1, 0.15) is 17.2 Å². The van der Waals surface area contributed by atoms with Gasteiger partial charge in [0, 0.05) is 12.2 Å². The van der Waals surface area contributed by atoms with Crippen LogP contribution in [0, 0.1) is 5.82 Å². The molecule has 0 spiro atoms. The number of fused-ring (bicyclic) bond motifs is 1. The molecule has 0 aliphatic rings. The van der Waals surface area contributed by atoms with Crippen LogP contribution >= 0.6 is 0 Å². The van der Waals surface area contributed by atoms with Gasteiger partial charge in [0.15, 0.2) is 0 Å². The number of halogens is 1. The molecule has 0 bridgehead atoms. The number of aromatic nitrogens is 4. The third kappa shape index (κ3) is 5.03. The third-order valence-corrected chi connectivity index (χ3v) is 4.91. The number of aryl methyl sites for hydroxylation is 1. The second kappa shape index (κ2) is 8.91. The van der Waals surface area contributed by atoms with Gasteiger partial charge in [-0.05, 0) is 49.2 Å². The summed E-state index contributed by atoms with van der Waals surface area (Å²) in [6, 6.07) is 13.5. The Morgan fingerprint density at radius 1 is 1.19 bits per heavy atom. The Bertz CT molecular complexity index is 1200. The summed E-state index contributed by atoms with van der Waals surface area (Å²) in [6.07, 6.45) is 3.74. The Morgan fingerprint density at radius 3 is 2.77 bits per heavy atom. The first kappa shape index (κ1) is 20.5. The van der Waals surface area contributed by atoms with Crippen LogP contribution in [-0.4, -0.2) is 25.7 Å². The van der Waals surface area contributed by atoms with E-state index in [9.17, 15) is 9.18 Å². The predicted molar refractivity (Wildman–Crippen MR) is 118 cm³/mol. The average molecular weight is 418 g/mol. The van der Waals surface area contributed by atoms with Crippen molar-refractivity contribution in [2.45, 2.75) is 32.9 Å². The summed E-state index contributed by atoms with van der Waals surface area (Å²) in [5, 5.41) is 10.6. The van der Waals surface area contributed by atoms with Crippen LogP contribution < -0.4 is 10.6 Å². The molecule has 0 fully saturated rings. The minimum atomic E-state index is -0.319. The van der Waals surface area contributed by atoms with Crippen LogP contribution in [-0.2, 0) is 17.8 Å². The van der Waals surface area contributed by atoms with E-state index in [0.717, 1.165) is 23.2 Å². The minimum Gasteiger partial charge on any atom is -0.362 e. The highest BCUT2D eigenvalue weighted by Crippen LogP contribution is 2.22. The number of anilines is 2. The van der Waals surface area contributed by atoms with Gasteiger partial charge in [0.25, 0.3) is 0 Å². The van der Waals surface area contributed by atoms with Gasteiger partial charge in [0.2, 0.25) is 11.6 Å². The van der Waals surface area contributed by atoms with Crippen molar-refractivity contribution in [3.05, 3.63) is 77.9 Å². The van der Waals surface area contributed by atoms with Gasteiger partial charge >= 0.3 is 0 Å². The molecule has 4 rings (SSSR count). The summed E-state index contributed by atoms with van der Waals surface area (Å²) in [4.78, 5) is 21.3. The van der Waals surface area contributed by atoms with Gasteiger partial charge < -0.3 is 10.6 Å². The standard InChI is InChI=1S/C23H23FN6O/c1-3-30-14-20-23(29-30)28-21(13-25-20)26-15(2)17-5-4-6-19(12-17)27-22(31)11-16-7-9-18(24)10-8-16/h4-10,12-15H,3,11H2,1-2H3,(H,27,31)(H,26,28,29)/t15-/m0/s1. The molecule has 0 aliphatic heterocycles. The molecule has 2 aromatic carbocycles. The topological polar surface area (TPSA) is 84.7 Å². The molecule has 158 valence electrons. The van der Waals surface area contributed by atoms with Gasteiger partial charge in [-0.3, -0.25) is 9.48 Å². The summed E-state index contributed by atoms with van der Waals surface area (Å²) < 4.78 is 14.8. The van der Waals surface area contributed by atoms with Crippen LogP contribution in [0.4, 0.5) is 15.9 Å². The van der Waals surface area contributed by atoms with E-state index >= 15 is 0 Å². The second-order valence-electron chi connectivity index (χ2n) is 7.29. The van der Waals surface area contributed by atoms with Crippen LogP contribution in [0.1, 0.15) is 31.0 Å². The Balaban J connectivity index is 1.42. The fourth-order valence-corrected chi connectivity index (χ4v) is 3.26. The summed E-state index contributed by atoms with van der Waals surface area (Å²) >= 11 is 0. The molecule has 2 heterocycles. The first-order chi connectivity index (χ1) is 15.0. The van der Waals surface area contributed by atoms with Crippen molar-refractivity contribution < 1.29 is 9.18 Å². The molecule has 0 saturated carbocycles. The molecule has 0 saturated heterocycles. The van der Waals surface area contributed by atoms with E-state index in [0.29, 0.717) is 17.2 Å². The highest BCUT2D eigenvalue weighted by atomic mass is 19.1. The number of rotatable bonds is 7. The molecule has 4 aromatic rings. The molecule has 7 nitrogen and oxygen atoms in total. The van der Waals surface area contributed by atoms with Gasteiger partial charge in [-0.15, -0.1) is 0 Å². The zero-order valence-corrected chi connectivity index (χ0v) is 17.3. The van der Waals surface area contributed by atoms with Gasteiger partial charge in [-0.2, -0.15) is 5.10 Å². The van der Waals surface area contributed by atoms with E-state index in [1.54, 1.807) is 23.0 Å². The molecule has 0 unspecified atom stereocenters. The van der Waals surface area contributed by atoms with Crippen molar-refractivity contribution in [3.63, 3.8) is 0 Å². The maximum Gasteiger partial charge on any atom is 0.228 e. The van der Waals surface area contributed by atoms with Crippen molar-refractivity contribution in [2.75, 3.05) is 10.6 Å². The Morgan fingerprint density at radius 2 is 2.00 bits per heavy atom.